The predicted molar refractivity (Wildman–Crippen MR) is 115 cm³/mol. The lowest BCUT2D eigenvalue weighted by Gasteiger charge is -2.21. The van der Waals surface area contributed by atoms with Gasteiger partial charge in [0.2, 0.25) is 5.91 Å². The molecule has 1 saturated carbocycles. The van der Waals surface area contributed by atoms with Crippen molar-refractivity contribution < 1.29 is 4.79 Å². The van der Waals surface area contributed by atoms with Gasteiger partial charge in [-0.2, -0.15) is 0 Å². The molecule has 3 N–H and O–H groups in total. The summed E-state index contributed by atoms with van der Waals surface area (Å²) < 4.78 is 0. The van der Waals surface area contributed by atoms with Crippen LogP contribution in [-0.4, -0.2) is 37.0 Å². The number of amides is 1. The maximum Gasteiger partial charge on any atom is 0.242 e. The first-order valence-electron chi connectivity index (χ1n) is 8.73. The van der Waals surface area contributed by atoms with Crippen molar-refractivity contribution in [3.8, 4) is 0 Å². The number of benzene rings is 1. The summed E-state index contributed by atoms with van der Waals surface area (Å²) in [5.74, 6) is 0.632. The third-order valence-electron chi connectivity index (χ3n) is 4.07. The van der Waals surface area contributed by atoms with Gasteiger partial charge in [0.25, 0.3) is 0 Å². The van der Waals surface area contributed by atoms with Crippen molar-refractivity contribution in [3.63, 3.8) is 0 Å². The van der Waals surface area contributed by atoms with Gasteiger partial charge in [-0.05, 0) is 46.1 Å². The Balaban J connectivity index is 0.00000312. The number of hydrogen-bond acceptors (Lipinski definition) is 2. The summed E-state index contributed by atoms with van der Waals surface area (Å²) in [5, 5.41) is 9.54. The van der Waals surface area contributed by atoms with E-state index in [0.29, 0.717) is 5.96 Å². The lowest BCUT2D eigenvalue weighted by molar-refractivity contribution is -0.121. The molecule has 0 bridgehead atoms. The van der Waals surface area contributed by atoms with Crippen molar-refractivity contribution in [1.82, 2.24) is 16.0 Å². The van der Waals surface area contributed by atoms with Crippen LogP contribution in [0.5, 0.6) is 0 Å². The fourth-order valence-electron chi connectivity index (χ4n) is 2.71. The van der Waals surface area contributed by atoms with Gasteiger partial charge in [-0.3, -0.25) is 4.79 Å². The normalized spacial score (nSPS) is 15.8. The molecule has 1 fully saturated rings. The van der Waals surface area contributed by atoms with Crippen LogP contribution in [0.25, 0.3) is 0 Å². The molecule has 140 valence electrons. The lowest BCUT2D eigenvalue weighted by Crippen LogP contribution is -2.44. The summed E-state index contributed by atoms with van der Waals surface area (Å²) in [4.78, 5) is 16.3. The van der Waals surface area contributed by atoms with E-state index < -0.39 is 0 Å². The van der Waals surface area contributed by atoms with Gasteiger partial charge < -0.3 is 16.0 Å². The van der Waals surface area contributed by atoms with Crippen LogP contribution in [0, 0.1) is 0 Å². The van der Waals surface area contributed by atoms with Crippen molar-refractivity contribution in [1.29, 1.82) is 0 Å². The number of nitrogens with zero attached hydrogens (tertiary/aromatic N) is 1. The van der Waals surface area contributed by atoms with E-state index in [1.165, 1.54) is 18.4 Å². The van der Waals surface area contributed by atoms with Crippen molar-refractivity contribution in [2.75, 3.05) is 19.6 Å². The predicted octanol–water partition coefficient (Wildman–Crippen LogP) is 2.81. The first-order valence-corrected chi connectivity index (χ1v) is 8.73. The average molecular weight is 458 g/mol. The molecule has 0 spiro atoms. The second-order valence-electron chi connectivity index (χ2n) is 7.49. The molecule has 6 heteroatoms. The zero-order valence-corrected chi connectivity index (χ0v) is 18.0. The monoisotopic (exact) mass is 458 g/mol. The molecule has 1 aromatic rings. The zero-order chi connectivity index (χ0) is 17.6. The van der Waals surface area contributed by atoms with Gasteiger partial charge in [0.05, 0.1) is 0 Å². The highest BCUT2D eigenvalue weighted by Gasteiger charge is 2.43. The number of hydrogen-bond donors (Lipinski definition) is 3. The second-order valence-corrected chi connectivity index (χ2v) is 7.49. The Labute approximate surface area is 168 Å². The molecule has 5 nitrogen and oxygen atoms in total. The van der Waals surface area contributed by atoms with E-state index in [2.05, 4.69) is 45.2 Å². The van der Waals surface area contributed by atoms with E-state index in [4.69, 9.17) is 0 Å². The molecule has 25 heavy (non-hydrogen) atoms. The molecule has 0 saturated heterocycles. The number of carbonyl (C=O) groups excluding carboxylic acids is 1. The lowest BCUT2D eigenvalue weighted by atomic mass is 9.96. The summed E-state index contributed by atoms with van der Waals surface area (Å²) >= 11 is 0. The first-order chi connectivity index (χ1) is 11.3. The molecule has 0 heterocycles. The number of carbonyl (C=O) groups is 1. The highest BCUT2D eigenvalue weighted by atomic mass is 127. The van der Waals surface area contributed by atoms with Crippen LogP contribution in [-0.2, 0) is 10.2 Å². The highest BCUT2D eigenvalue weighted by molar-refractivity contribution is 14.0. The van der Waals surface area contributed by atoms with Crippen LogP contribution in [0.3, 0.4) is 0 Å². The van der Waals surface area contributed by atoms with Crippen molar-refractivity contribution in [2.45, 2.75) is 51.5 Å². The van der Waals surface area contributed by atoms with Crippen molar-refractivity contribution in [2.24, 2.45) is 4.99 Å². The molecule has 0 atom stereocenters. The van der Waals surface area contributed by atoms with E-state index in [9.17, 15) is 4.79 Å². The first kappa shape index (κ1) is 21.7. The molecule has 1 aliphatic carbocycles. The van der Waals surface area contributed by atoms with Gasteiger partial charge in [-0.25, -0.2) is 4.99 Å². The molecule has 1 amide bonds. The minimum atomic E-state index is -0.232. The Bertz CT molecular complexity index is 577. The largest absolute Gasteiger partial charge is 0.357 e. The Morgan fingerprint density at radius 1 is 1.16 bits per heavy atom. The zero-order valence-electron chi connectivity index (χ0n) is 15.7. The Morgan fingerprint density at radius 2 is 1.80 bits per heavy atom. The Kier molecular flexibility index (Phi) is 8.18. The summed E-state index contributed by atoms with van der Waals surface area (Å²) in [6.45, 7) is 9.66. The highest BCUT2D eigenvalue weighted by Crippen LogP contribution is 2.47. The van der Waals surface area contributed by atoms with E-state index in [0.717, 1.165) is 13.1 Å². The van der Waals surface area contributed by atoms with E-state index in [1.807, 2.05) is 33.8 Å². The molecule has 0 unspecified atom stereocenters. The maximum atomic E-state index is 11.9. The van der Waals surface area contributed by atoms with E-state index in [-0.39, 0.29) is 47.4 Å². The van der Waals surface area contributed by atoms with Crippen LogP contribution in [0.4, 0.5) is 0 Å². The number of halogens is 1. The fourth-order valence-corrected chi connectivity index (χ4v) is 2.71. The van der Waals surface area contributed by atoms with E-state index in [1.54, 1.807) is 0 Å². The molecule has 1 aliphatic rings. The van der Waals surface area contributed by atoms with Crippen molar-refractivity contribution in [3.05, 3.63) is 35.9 Å². The second kappa shape index (κ2) is 9.40. The van der Waals surface area contributed by atoms with Crippen LogP contribution < -0.4 is 16.0 Å². The molecule has 0 aromatic heterocycles. The van der Waals surface area contributed by atoms with Gasteiger partial charge in [-0.15, -0.1) is 24.0 Å². The summed E-state index contributed by atoms with van der Waals surface area (Å²) in [5.41, 5.74) is 1.35. The molecule has 1 aromatic carbocycles. The third kappa shape index (κ3) is 7.22. The number of guanidine groups is 1. The topological polar surface area (TPSA) is 65.5 Å². The van der Waals surface area contributed by atoms with Gasteiger partial charge >= 0.3 is 0 Å². The Morgan fingerprint density at radius 3 is 2.32 bits per heavy atom. The number of aliphatic imine (C=N–C) groups is 1. The summed E-state index contributed by atoms with van der Waals surface area (Å²) in [6.07, 6.45) is 2.38. The minimum Gasteiger partial charge on any atom is -0.357 e. The van der Waals surface area contributed by atoms with Crippen LogP contribution in [0.15, 0.2) is 35.3 Å². The standard InChI is InChI=1S/C19H30N4O.HI/c1-5-20-17(21-13-16(24)23-18(2,3)4)22-14-19(11-12-19)15-9-7-6-8-10-15;/h6-10H,5,11-14H2,1-4H3,(H,23,24)(H2,20,21,22);1H. The summed E-state index contributed by atoms with van der Waals surface area (Å²) in [6, 6.07) is 10.6. The van der Waals surface area contributed by atoms with Gasteiger partial charge in [-0.1, -0.05) is 30.3 Å². The molecular weight excluding hydrogens is 427 g/mol. The average Bonchev–Trinajstić information content (AvgIpc) is 3.30. The van der Waals surface area contributed by atoms with Gasteiger partial charge in [0.15, 0.2) is 5.96 Å². The minimum absolute atomic E-state index is 0. The van der Waals surface area contributed by atoms with Gasteiger partial charge in [0.1, 0.15) is 6.54 Å². The number of rotatable bonds is 6. The molecular formula is C19H31IN4O. The molecule has 2 rings (SSSR count). The molecule has 0 aliphatic heterocycles. The van der Waals surface area contributed by atoms with Crippen LogP contribution >= 0.6 is 24.0 Å². The van der Waals surface area contributed by atoms with Crippen LogP contribution in [0.2, 0.25) is 0 Å². The van der Waals surface area contributed by atoms with Crippen LogP contribution in [0.1, 0.15) is 46.1 Å². The van der Waals surface area contributed by atoms with E-state index >= 15 is 0 Å². The summed E-state index contributed by atoms with van der Waals surface area (Å²) in [7, 11) is 0. The third-order valence-corrected chi connectivity index (χ3v) is 4.07. The Hall–Kier alpha value is -1.31. The smallest absolute Gasteiger partial charge is 0.242 e. The SMILES string of the molecule is CCNC(=NCC(=O)NC(C)(C)C)NCC1(c2ccccc2)CC1.I. The van der Waals surface area contributed by atoms with Gasteiger partial charge in [0, 0.05) is 24.0 Å². The quantitative estimate of drug-likeness (QED) is 0.349. The maximum absolute atomic E-state index is 11.9. The van der Waals surface area contributed by atoms with Crippen molar-refractivity contribution >= 4 is 35.8 Å². The molecule has 0 radical (unpaired) electrons. The number of nitrogens with one attached hydrogen (secondary N) is 3. The fraction of sp³-hybridized carbons (Fsp3) is 0.579.